The Hall–Kier alpha value is -2.19. The molecule has 0 aromatic carbocycles. The Balaban J connectivity index is 2.35. The fourth-order valence-electron chi connectivity index (χ4n) is 9.53. The monoisotopic (exact) mass is 934 g/mol. The van der Waals surface area contributed by atoms with E-state index in [9.17, 15) is 14.4 Å². The summed E-state index contributed by atoms with van der Waals surface area (Å²) >= 11 is 0. The van der Waals surface area contributed by atoms with Crippen molar-refractivity contribution in [2.45, 2.75) is 303 Å². The number of nitrogens with one attached hydrogen (secondary N) is 3. The lowest BCUT2D eigenvalue weighted by Crippen LogP contribution is -2.35. The minimum Gasteiger partial charge on any atom is -0.449 e. The van der Waals surface area contributed by atoms with Gasteiger partial charge in [-0.1, -0.05) is 278 Å². The van der Waals surface area contributed by atoms with E-state index in [0.29, 0.717) is 19.6 Å². The van der Waals surface area contributed by atoms with E-state index in [2.05, 4.69) is 36.7 Å². The van der Waals surface area contributed by atoms with Gasteiger partial charge in [-0.3, -0.25) is 0 Å². The van der Waals surface area contributed by atoms with Gasteiger partial charge in [-0.15, -0.1) is 0 Å². The Morgan fingerprint density at radius 3 is 0.788 bits per heavy atom. The quantitative estimate of drug-likeness (QED) is 0.0413. The van der Waals surface area contributed by atoms with Gasteiger partial charge in [0.2, 0.25) is 0 Å². The number of hydrogen-bond donors (Lipinski definition) is 3. The summed E-state index contributed by atoms with van der Waals surface area (Å²) in [5, 5.41) is 8.73. The summed E-state index contributed by atoms with van der Waals surface area (Å²) in [6.07, 6.45) is 52.3. The highest BCUT2D eigenvalue weighted by atomic mass is 16.6. The van der Waals surface area contributed by atoms with Crippen LogP contribution in [-0.2, 0) is 14.2 Å². The zero-order chi connectivity index (χ0) is 47.9. The van der Waals surface area contributed by atoms with Crippen molar-refractivity contribution in [1.82, 2.24) is 16.0 Å². The summed E-state index contributed by atoms with van der Waals surface area (Å²) in [6, 6.07) is 0. The van der Waals surface area contributed by atoms with E-state index in [4.69, 9.17) is 14.2 Å². The fraction of sp³-hybridized carbons (Fsp3) is 0.947. The first-order valence-electron chi connectivity index (χ1n) is 29.2. The van der Waals surface area contributed by atoms with Crippen molar-refractivity contribution >= 4 is 18.3 Å². The second-order valence-corrected chi connectivity index (χ2v) is 20.6. The van der Waals surface area contributed by atoms with E-state index in [-0.39, 0.29) is 19.1 Å². The maximum absolute atomic E-state index is 12.9. The van der Waals surface area contributed by atoms with Crippen LogP contribution >= 0.6 is 0 Å². The predicted molar refractivity (Wildman–Crippen MR) is 280 cm³/mol. The highest BCUT2D eigenvalue weighted by Crippen LogP contribution is 2.55. The average Bonchev–Trinajstić information content (AvgIpc) is 3.87. The number of hydrogen-bond acceptors (Lipinski definition) is 6. The van der Waals surface area contributed by atoms with E-state index >= 15 is 0 Å². The minimum atomic E-state index is -0.773. The molecule has 2 unspecified atom stereocenters. The molecule has 1 saturated carbocycles. The van der Waals surface area contributed by atoms with Crippen LogP contribution in [0.1, 0.15) is 297 Å². The van der Waals surface area contributed by atoms with Crippen LogP contribution in [0.5, 0.6) is 0 Å². The molecule has 0 aromatic heterocycles. The van der Waals surface area contributed by atoms with Crippen LogP contribution < -0.4 is 16.0 Å². The summed E-state index contributed by atoms with van der Waals surface area (Å²) in [5.41, 5.74) is -0.773. The Morgan fingerprint density at radius 2 is 0.545 bits per heavy atom. The molecule has 2 atom stereocenters. The SMILES string of the molecule is CCCCCCCCCCCCCCCCNC(=O)OCC1(COC(=O)NCCCCCCCCCCCCCCCC)C(C)C1OC(=O)NCCCCCCCCCCCCCCCC. The molecule has 1 rings (SSSR count). The van der Waals surface area contributed by atoms with Crippen molar-refractivity contribution in [2.24, 2.45) is 11.3 Å². The van der Waals surface area contributed by atoms with E-state index in [0.717, 1.165) is 38.5 Å². The first-order chi connectivity index (χ1) is 32.4. The maximum Gasteiger partial charge on any atom is 0.407 e. The molecule has 0 bridgehead atoms. The van der Waals surface area contributed by atoms with Gasteiger partial charge < -0.3 is 30.2 Å². The highest BCUT2D eigenvalue weighted by Gasteiger charge is 2.67. The van der Waals surface area contributed by atoms with Crippen LogP contribution in [-0.4, -0.2) is 57.2 Å². The van der Waals surface area contributed by atoms with Crippen LogP contribution in [0.2, 0.25) is 0 Å². The largest absolute Gasteiger partial charge is 0.449 e. The lowest BCUT2D eigenvalue weighted by Gasteiger charge is -2.19. The molecule has 0 saturated heterocycles. The zero-order valence-corrected chi connectivity index (χ0v) is 44.3. The van der Waals surface area contributed by atoms with Crippen molar-refractivity contribution in [2.75, 3.05) is 32.8 Å². The molecule has 1 aliphatic carbocycles. The molecule has 0 radical (unpaired) electrons. The molecule has 0 heterocycles. The van der Waals surface area contributed by atoms with Gasteiger partial charge in [-0.25, -0.2) is 14.4 Å². The normalized spacial score (nSPS) is 15.1. The summed E-state index contributed by atoms with van der Waals surface area (Å²) in [6.45, 7) is 10.5. The number of carbonyl (C=O) groups is 3. The smallest absolute Gasteiger partial charge is 0.407 e. The number of rotatable bonds is 50. The third kappa shape index (κ3) is 36.8. The number of carbonyl (C=O) groups excluding carboxylic acids is 3. The van der Waals surface area contributed by atoms with E-state index < -0.39 is 29.8 Å². The first kappa shape index (κ1) is 61.8. The van der Waals surface area contributed by atoms with Crippen LogP contribution in [0, 0.1) is 11.3 Å². The Kier molecular flexibility index (Phi) is 43.6. The molecule has 3 N–H and O–H groups in total. The molecule has 0 spiro atoms. The molecule has 3 amide bonds. The Morgan fingerprint density at radius 1 is 0.333 bits per heavy atom. The molecule has 9 nitrogen and oxygen atoms in total. The van der Waals surface area contributed by atoms with E-state index in [1.165, 1.54) is 231 Å². The third-order valence-electron chi connectivity index (χ3n) is 14.4. The number of unbranched alkanes of at least 4 members (excludes halogenated alkanes) is 39. The molecule has 1 aliphatic rings. The molecule has 0 aromatic rings. The Bertz CT molecular complexity index is 1040. The van der Waals surface area contributed by atoms with Crippen molar-refractivity contribution < 1.29 is 28.6 Å². The first-order valence-corrected chi connectivity index (χ1v) is 29.2. The standard InChI is InChI=1S/C57H111N3O6/c1-5-8-11-14-17-20-23-26-29-32-35-38-41-44-47-58-54(61)64-50-57(51-65-55(62)59-48-45-42-39-36-33-30-27-24-21-18-15-12-9-6-2)52(4)53(57)66-56(63)60-49-46-43-40-37-34-31-28-25-22-19-16-13-10-7-3/h52-53H,5-51H2,1-4H3,(H,58,61)(H,59,62)(H,60,63). The average molecular weight is 935 g/mol. The second kappa shape index (κ2) is 46.5. The lowest BCUT2D eigenvalue weighted by atomic mass is 10.0. The molecule has 66 heavy (non-hydrogen) atoms. The predicted octanol–water partition coefficient (Wildman–Crippen LogP) is 17.6. The van der Waals surface area contributed by atoms with Gasteiger partial charge in [0, 0.05) is 25.6 Å². The van der Waals surface area contributed by atoms with Crippen molar-refractivity contribution in [1.29, 1.82) is 0 Å². The third-order valence-corrected chi connectivity index (χ3v) is 14.4. The highest BCUT2D eigenvalue weighted by molar-refractivity contribution is 5.69. The van der Waals surface area contributed by atoms with Crippen molar-refractivity contribution in [3.63, 3.8) is 0 Å². The van der Waals surface area contributed by atoms with E-state index in [1.54, 1.807) is 0 Å². The summed E-state index contributed by atoms with van der Waals surface area (Å²) in [7, 11) is 0. The van der Waals surface area contributed by atoms with Crippen LogP contribution in [0.25, 0.3) is 0 Å². The second-order valence-electron chi connectivity index (χ2n) is 20.6. The molecular weight excluding hydrogens is 823 g/mol. The molecule has 390 valence electrons. The van der Waals surface area contributed by atoms with Crippen LogP contribution in [0.3, 0.4) is 0 Å². The fourth-order valence-corrected chi connectivity index (χ4v) is 9.53. The van der Waals surface area contributed by atoms with Gasteiger partial charge in [0.05, 0.1) is 5.41 Å². The van der Waals surface area contributed by atoms with Gasteiger partial charge in [0.15, 0.2) is 0 Å². The van der Waals surface area contributed by atoms with Crippen LogP contribution in [0.15, 0.2) is 0 Å². The Labute approximate surface area is 409 Å². The van der Waals surface area contributed by atoms with Gasteiger partial charge in [0.1, 0.15) is 19.3 Å². The lowest BCUT2D eigenvalue weighted by molar-refractivity contribution is 0.0449. The maximum atomic E-state index is 12.9. The van der Waals surface area contributed by atoms with Crippen molar-refractivity contribution in [3.05, 3.63) is 0 Å². The van der Waals surface area contributed by atoms with Gasteiger partial charge in [-0.05, 0) is 19.3 Å². The van der Waals surface area contributed by atoms with Gasteiger partial charge >= 0.3 is 18.3 Å². The number of amides is 3. The zero-order valence-electron chi connectivity index (χ0n) is 44.3. The van der Waals surface area contributed by atoms with Crippen molar-refractivity contribution in [3.8, 4) is 0 Å². The number of ether oxygens (including phenoxy) is 3. The summed E-state index contributed by atoms with van der Waals surface area (Å²) in [4.78, 5) is 38.5. The number of alkyl carbamates (subject to hydrolysis) is 3. The molecular formula is C57H111N3O6. The molecule has 9 heteroatoms. The molecule has 1 fully saturated rings. The molecule has 0 aliphatic heterocycles. The van der Waals surface area contributed by atoms with Crippen LogP contribution in [0.4, 0.5) is 14.4 Å². The van der Waals surface area contributed by atoms with Gasteiger partial charge in [0.25, 0.3) is 0 Å². The summed E-state index contributed by atoms with van der Waals surface area (Å²) < 4.78 is 17.3. The minimum absolute atomic E-state index is 0.0158. The topological polar surface area (TPSA) is 115 Å². The van der Waals surface area contributed by atoms with Gasteiger partial charge in [-0.2, -0.15) is 0 Å². The summed E-state index contributed by atoms with van der Waals surface area (Å²) in [5.74, 6) is -0.124. The van der Waals surface area contributed by atoms with E-state index in [1.807, 2.05) is 6.92 Å².